The zero-order chi connectivity index (χ0) is 23.3. The van der Waals surface area contributed by atoms with Gasteiger partial charge in [0.05, 0.1) is 26.2 Å². The zero-order valence-electron chi connectivity index (χ0n) is 20.1. The van der Waals surface area contributed by atoms with Crippen LogP contribution in [0.2, 0.25) is 6.32 Å². The maximum Gasteiger partial charge on any atom is 0.0757 e. The molecule has 0 aromatic heterocycles. The van der Waals surface area contributed by atoms with Crippen LogP contribution in [0.5, 0.6) is 0 Å². The van der Waals surface area contributed by atoms with Crippen molar-refractivity contribution in [1.82, 2.24) is 0 Å². The van der Waals surface area contributed by atoms with Crippen LogP contribution in [0.3, 0.4) is 0 Å². The molecule has 3 rings (SSSR count). The third-order valence-electron chi connectivity index (χ3n) is 7.03. The lowest BCUT2D eigenvalue weighted by Crippen LogP contribution is -2.47. The van der Waals surface area contributed by atoms with Crippen LogP contribution in [-0.2, 0) is 5.41 Å². The van der Waals surface area contributed by atoms with Gasteiger partial charge in [-0.1, -0.05) is 97.4 Å². The van der Waals surface area contributed by atoms with Gasteiger partial charge >= 0.3 is 0 Å². The second-order valence-electron chi connectivity index (χ2n) is 8.21. The van der Waals surface area contributed by atoms with E-state index in [0.717, 1.165) is 0 Å². The second kappa shape index (κ2) is 13.3. The van der Waals surface area contributed by atoms with Gasteiger partial charge in [0.2, 0.25) is 0 Å². The van der Waals surface area contributed by atoms with Crippen molar-refractivity contribution in [2.24, 2.45) is 0 Å². The molecule has 32 heavy (non-hydrogen) atoms. The Hall–Kier alpha value is -2.32. The Labute approximate surface area is 198 Å². The van der Waals surface area contributed by atoms with Crippen LogP contribution in [0.15, 0.2) is 91.0 Å². The van der Waals surface area contributed by atoms with Gasteiger partial charge in [0.15, 0.2) is 0 Å². The minimum atomic E-state index is -0.0297. The lowest BCUT2D eigenvalue weighted by molar-refractivity contribution is -0.921. The van der Waals surface area contributed by atoms with E-state index in [-0.39, 0.29) is 5.41 Å². The summed E-state index contributed by atoms with van der Waals surface area (Å²) in [4.78, 5) is 0. The van der Waals surface area contributed by atoms with Gasteiger partial charge in [-0.15, -0.1) is 0 Å². The van der Waals surface area contributed by atoms with E-state index >= 15 is 0 Å². The number of nitrogens with zero attached hydrogens (tertiary/aromatic N) is 1. The summed E-state index contributed by atoms with van der Waals surface area (Å²) in [7, 11) is 0.469. The van der Waals surface area contributed by atoms with Crippen molar-refractivity contribution >= 4 is 7.85 Å². The maximum absolute atomic E-state index is 2.29. The molecular weight excluding hydrogens is 385 g/mol. The highest BCUT2D eigenvalue weighted by Gasteiger charge is 2.35. The summed E-state index contributed by atoms with van der Waals surface area (Å²) in [5.74, 6) is 0. The molecule has 0 aliphatic rings. The SMILES string of the molecule is CC[N+](CC)(CC)CC.[BH3-]CCCC(c1ccccc1)(c1ccccc1)c1ccccc1. The first-order chi connectivity index (χ1) is 15.6. The molecule has 0 fully saturated rings. The van der Waals surface area contributed by atoms with E-state index in [1.807, 2.05) is 0 Å². The minimum absolute atomic E-state index is 0.0297. The average Bonchev–Trinajstić information content (AvgIpc) is 2.89. The molecule has 0 saturated carbocycles. The van der Waals surface area contributed by atoms with Gasteiger partial charge < -0.3 is 4.48 Å². The highest BCUT2D eigenvalue weighted by Crippen LogP contribution is 2.43. The number of quaternary nitrogens is 1. The molecule has 172 valence electrons. The standard InChI is InChI=1S/C22H24B.C8H20N/c23-18-10-17-22(19-11-4-1-5-12-19,20-13-6-2-7-14-20)21-15-8-3-9-16-21;1-5-9(6-2,7-3)8-4/h1-9,11-16H,10,17-18H2,23H3;5-8H2,1-4H3/q-1;+1. The summed E-state index contributed by atoms with van der Waals surface area (Å²) in [6.45, 7) is 14.2. The van der Waals surface area contributed by atoms with E-state index < -0.39 is 0 Å². The molecule has 0 atom stereocenters. The molecule has 0 unspecified atom stereocenters. The Kier molecular flexibility index (Phi) is 10.8. The molecule has 0 spiro atoms. The molecule has 2 heteroatoms. The van der Waals surface area contributed by atoms with Crippen molar-refractivity contribution in [3.63, 3.8) is 0 Å². The first-order valence-corrected chi connectivity index (χ1v) is 11.9. The van der Waals surface area contributed by atoms with Gasteiger partial charge in [-0.05, 0) is 58.7 Å². The van der Waals surface area contributed by atoms with Crippen molar-refractivity contribution in [3.8, 4) is 0 Å². The number of benzene rings is 3. The van der Waals surface area contributed by atoms with Crippen molar-refractivity contribution in [1.29, 1.82) is 0 Å². The summed E-state index contributed by atoms with van der Waals surface area (Å²) in [5, 5.41) is 0. The van der Waals surface area contributed by atoms with Gasteiger partial charge in [-0.25, -0.2) is 0 Å². The number of hydrogen-bond donors (Lipinski definition) is 0. The lowest BCUT2D eigenvalue weighted by atomic mass is 9.66. The highest BCUT2D eigenvalue weighted by molar-refractivity contribution is 6.08. The molecule has 0 heterocycles. The molecule has 0 N–H and O–H groups in total. The van der Waals surface area contributed by atoms with Crippen LogP contribution in [-0.4, -0.2) is 38.5 Å². The van der Waals surface area contributed by atoms with Crippen molar-refractivity contribution in [2.45, 2.75) is 52.3 Å². The summed E-state index contributed by atoms with van der Waals surface area (Å²) in [5.41, 5.74) is 4.19. The van der Waals surface area contributed by atoms with E-state index in [9.17, 15) is 0 Å². The third kappa shape index (κ3) is 6.14. The molecular formula is C30H44BN. The first kappa shape index (κ1) is 25.9. The predicted octanol–water partition coefficient (Wildman–Crippen LogP) is 6.47. The van der Waals surface area contributed by atoms with Crippen LogP contribution in [0.25, 0.3) is 0 Å². The van der Waals surface area contributed by atoms with Crippen LogP contribution in [0.1, 0.15) is 57.2 Å². The maximum atomic E-state index is 2.29. The molecule has 0 radical (unpaired) electrons. The van der Waals surface area contributed by atoms with E-state index in [2.05, 4.69) is 119 Å². The van der Waals surface area contributed by atoms with Crippen LogP contribution in [0, 0.1) is 0 Å². The monoisotopic (exact) mass is 429 g/mol. The topological polar surface area (TPSA) is 0 Å². The largest absolute Gasteiger partial charge is 0.325 e. The molecule has 0 amide bonds. The van der Waals surface area contributed by atoms with E-state index in [4.69, 9.17) is 0 Å². The number of hydrogen-bond acceptors (Lipinski definition) is 0. The summed E-state index contributed by atoms with van der Waals surface area (Å²) < 4.78 is 1.28. The van der Waals surface area contributed by atoms with Crippen LogP contribution in [0.4, 0.5) is 0 Å². The van der Waals surface area contributed by atoms with Crippen molar-refractivity contribution in [2.75, 3.05) is 26.2 Å². The van der Waals surface area contributed by atoms with Crippen LogP contribution >= 0.6 is 0 Å². The summed E-state index contributed by atoms with van der Waals surface area (Å²) in [6, 6.07) is 33.1. The van der Waals surface area contributed by atoms with Gasteiger partial charge in [0, 0.05) is 5.41 Å². The smallest absolute Gasteiger partial charge is 0.0757 e. The van der Waals surface area contributed by atoms with Crippen molar-refractivity contribution < 1.29 is 4.48 Å². The van der Waals surface area contributed by atoms with E-state index in [0.29, 0.717) is 7.85 Å². The predicted molar refractivity (Wildman–Crippen MR) is 146 cm³/mol. The molecule has 3 aromatic carbocycles. The van der Waals surface area contributed by atoms with Gasteiger partial charge in [0.1, 0.15) is 0 Å². The Morgan fingerprint density at radius 2 is 0.875 bits per heavy atom. The molecule has 0 saturated heterocycles. The fourth-order valence-electron chi connectivity index (χ4n) is 4.71. The molecule has 0 bridgehead atoms. The van der Waals surface area contributed by atoms with Gasteiger partial charge in [-0.2, -0.15) is 6.32 Å². The normalized spacial score (nSPS) is 11.5. The average molecular weight is 430 g/mol. The molecule has 1 nitrogen and oxygen atoms in total. The Bertz CT molecular complexity index is 743. The third-order valence-corrected chi connectivity index (χ3v) is 7.03. The Morgan fingerprint density at radius 1 is 0.562 bits per heavy atom. The summed E-state index contributed by atoms with van der Waals surface area (Å²) in [6.07, 6.45) is 3.96. The fourth-order valence-corrected chi connectivity index (χ4v) is 4.71. The quantitative estimate of drug-likeness (QED) is 0.197. The first-order valence-electron chi connectivity index (χ1n) is 11.9. The van der Waals surface area contributed by atoms with Crippen LogP contribution < -0.4 is 0 Å². The Morgan fingerprint density at radius 3 is 1.09 bits per heavy atom. The summed E-state index contributed by atoms with van der Waals surface area (Å²) >= 11 is 0. The zero-order valence-corrected chi connectivity index (χ0v) is 20.1. The van der Waals surface area contributed by atoms with E-state index in [1.165, 1.54) is 66.5 Å². The molecule has 0 aliphatic heterocycles. The molecule has 3 aromatic rings. The van der Waals surface area contributed by atoms with Gasteiger partial charge in [-0.3, -0.25) is 0 Å². The van der Waals surface area contributed by atoms with Gasteiger partial charge in [0.25, 0.3) is 0 Å². The van der Waals surface area contributed by atoms with Crippen molar-refractivity contribution in [3.05, 3.63) is 108 Å². The highest BCUT2D eigenvalue weighted by atomic mass is 15.3. The van der Waals surface area contributed by atoms with E-state index in [1.54, 1.807) is 0 Å². The lowest BCUT2D eigenvalue weighted by Gasteiger charge is -2.36. The molecule has 0 aliphatic carbocycles. The fraction of sp³-hybridized carbons (Fsp3) is 0.400. The minimum Gasteiger partial charge on any atom is -0.325 e. The Balaban J connectivity index is 0.000000344. The second-order valence-corrected chi connectivity index (χ2v) is 8.21. The number of rotatable bonds is 10.